The largest absolute Gasteiger partial charge is 0.489 e. The molecule has 2 rings (SSSR count). The Morgan fingerprint density at radius 2 is 2.23 bits per heavy atom. The molecule has 122 valence electrons. The van der Waals surface area contributed by atoms with E-state index in [9.17, 15) is 4.79 Å². The lowest BCUT2D eigenvalue weighted by molar-refractivity contribution is -0.105. The van der Waals surface area contributed by atoms with Crippen LogP contribution in [0.1, 0.15) is 51.5 Å². The molecule has 0 saturated carbocycles. The average molecular weight is 304 g/mol. The van der Waals surface area contributed by atoms with E-state index in [1.807, 2.05) is 19.9 Å². The van der Waals surface area contributed by atoms with Gasteiger partial charge in [-0.1, -0.05) is 13.0 Å². The van der Waals surface area contributed by atoms with Gasteiger partial charge in [0.2, 0.25) is 6.41 Å². The van der Waals surface area contributed by atoms with Crippen LogP contribution in [0.25, 0.3) is 0 Å². The third-order valence-electron chi connectivity index (χ3n) is 4.54. The van der Waals surface area contributed by atoms with Crippen LogP contribution in [-0.4, -0.2) is 37.0 Å². The number of carbonyl (C=O) groups is 1. The summed E-state index contributed by atoms with van der Waals surface area (Å²) in [5, 5.41) is 2.72. The fourth-order valence-corrected chi connectivity index (χ4v) is 3.28. The quantitative estimate of drug-likeness (QED) is 0.816. The minimum atomic E-state index is 0.0864. The predicted molar refractivity (Wildman–Crippen MR) is 90.6 cm³/mol. The molecule has 1 N–H and O–H groups in total. The van der Waals surface area contributed by atoms with Crippen molar-refractivity contribution in [3.63, 3.8) is 0 Å². The van der Waals surface area contributed by atoms with Gasteiger partial charge in [-0.3, -0.25) is 4.79 Å². The van der Waals surface area contributed by atoms with Crippen LogP contribution >= 0.6 is 0 Å². The third-order valence-corrected chi connectivity index (χ3v) is 4.54. The molecular weight excluding hydrogens is 276 g/mol. The molecule has 0 unspecified atom stereocenters. The van der Waals surface area contributed by atoms with E-state index in [2.05, 4.69) is 36.3 Å². The Balaban J connectivity index is 2.22. The first-order valence-corrected chi connectivity index (χ1v) is 8.26. The third kappa shape index (κ3) is 4.01. The lowest BCUT2D eigenvalue weighted by atomic mass is 9.84. The highest BCUT2D eigenvalue weighted by Gasteiger charge is 2.26. The second-order valence-corrected chi connectivity index (χ2v) is 6.45. The Hall–Kier alpha value is -1.55. The van der Waals surface area contributed by atoms with E-state index in [1.54, 1.807) is 0 Å². The second kappa shape index (κ2) is 7.63. The highest BCUT2D eigenvalue weighted by atomic mass is 16.5. The summed E-state index contributed by atoms with van der Waals surface area (Å²) in [5.41, 5.74) is 2.06. The van der Waals surface area contributed by atoms with Crippen LogP contribution in [0.5, 0.6) is 5.75 Å². The van der Waals surface area contributed by atoms with Gasteiger partial charge in [0, 0.05) is 6.04 Å². The molecule has 0 aromatic heterocycles. The Morgan fingerprint density at radius 1 is 1.45 bits per heavy atom. The Bertz CT molecular complexity index is 502. The van der Waals surface area contributed by atoms with Crippen LogP contribution < -0.4 is 10.1 Å². The molecule has 1 saturated heterocycles. The van der Waals surface area contributed by atoms with Crippen molar-refractivity contribution in [3.8, 4) is 5.75 Å². The van der Waals surface area contributed by atoms with E-state index < -0.39 is 0 Å². The minimum Gasteiger partial charge on any atom is -0.489 e. The maximum absolute atomic E-state index is 10.7. The number of piperidine rings is 1. The Kier molecular flexibility index (Phi) is 5.83. The van der Waals surface area contributed by atoms with Crippen molar-refractivity contribution in [1.82, 2.24) is 4.90 Å². The number of ether oxygens (including phenoxy) is 1. The van der Waals surface area contributed by atoms with E-state index in [4.69, 9.17) is 4.74 Å². The number of benzene rings is 1. The summed E-state index contributed by atoms with van der Waals surface area (Å²) in [5.74, 6) is 1.34. The number of likely N-dealkylation sites (tertiary alicyclic amines) is 1. The Labute approximate surface area is 133 Å². The first-order valence-electron chi connectivity index (χ1n) is 8.26. The number of nitrogens with zero attached hydrogens (tertiary/aromatic N) is 1. The van der Waals surface area contributed by atoms with Crippen molar-refractivity contribution in [3.05, 3.63) is 23.8 Å². The number of carbonyl (C=O) groups excluding carboxylic acids is 1. The monoisotopic (exact) mass is 304 g/mol. The first kappa shape index (κ1) is 16.8. The van der Waals surface area contributed by atoms with Crippen LogP contribution in [0.2, 0.25) is 0 Å². The van der Waals surface area contributed by atoms with Gasteiger partial charge >= 0.3 is 0 Å². The number of nitrogens with one attached hydrogen (secondary N) is 1. The molecule has 0 aliphatic carbocycles. The van der Waals surface area contributed by atoms with Crippen molar-refractivity contribution >= 4 is 12.1 Å². The van der Waals surface area contributed by atoms with Crippen LogP contribution in [0.4, 0.5) is 5.69 Å². The van der Waals surface area contributed by atoms with Crippen molar-refractivity contribution in [2.75, 3.05) is 18.9 Å². The smallest absolute Gasteiger partial charge is 0.211 e. The van der Waals surface area contributed by atoms with E-state index >= 15 is 0 Å². The van der Waals surface area contributed by atoms with Crippen molar-refractivity contribution in [2.24, 2.45) is 0 Å². The van der Waals surface area contributed by atoms with Crippen LogP contribution in [0.3, 0.4) is 0 Å². The summed E-state index contributed by atoms with van der Waals surface area (Å²) in [4.78, 5) is 13.2. The lowest BCUT2D eigenvalue weighted by Gasteiger charge is -2.37. The molecule has 0 radical (unpaired) electrons. The fraction of sp³-hybridized carbons (Fsp3) is 0.611. The molecule has 0 bridgehead atoms. The fourth-order valence-electron chi connectivity index (χ4n) is 3.28. The summed E-state index contributed by atoms with van der Waals surface area (Å²) in [6, 6.07) is 6.85. The van der Waals surface area contributed by atoms with Gasteiger partial charge < -0.3 is 15.0 Å². The molecule has 22 heavy (non-hydrogen) atoms. The average Bonchev–Trinajstić information content (AvgIpc) is 2.49. The molecule has 1 fully saturated rings. The molecule has 1 aliphatic rings. The maximum Gasteiger partial charge on any atom is 0.211 e. The highest BCUT2D eigenvalue weighted by Crippen LogP contribution is 2.36. The zero-order valence-electron chi connectivity index (χ0n) is 14.1. The van der Waals surface area contributed by atoms with E-state index in [0.29, 0.717) is 18.4 Å². The molecule has 4 nitrogen and oxygen atoms in total. The summed E-state index contributed by atoms with van der Waals surface area (Å²) >= 11 is 0. The van der Waals surface area contributed by atoms with Gasteiger partial charge in [-0.25, -0.2) is 0 Å². The maximum atomic E-state index is 10.7. The van der Waals surface area contributed by atoms with Gasteiger partial charge in [-0.05, 0) is 70.3 Å². The SMILES string of the molecule is CC[C@@H]1C[C@H](c2ccc(NC=O)c(OC(C)C)c2)CCN1C. The lowest BCUT2D eigenvalue weighted by Crippen LogP contribution is -2.38. The molecule has 2 atom stereocenters. The van der Waals surface area contributed by atoms with Gasteiger partial charge in [-0.15, -0.1) is 0 Å². The molecule has 1 aromatic carbocycles. The topological polar surface area (TPSA) is 41.6 Å². The van der Waals surface area contributed by atoms with Gasteiger partial charge in [0.25, 0.3) is 0 Å². The Morgan fingerprint density at radius 3 is 2.86 bits per heavy atom. The molecule has 1 heterocycles. The van der Waals surface area contributed by atoms with Crippen molar-refractivity contribution in [1.29, 1.82) is 0 Å². The van der Waals surface area contributed by atoms with E-state index in [-0.39, 0.29) is 6.10 Å². The number of rotatable bonds is 6. The zero-order chi connectivity index (χ0) is 16.1. The molecule has 1 aromatic rings. The number of anilines is 1. The van der Waals surface area contributed by atoms with E-state index in [1.165, 1.54) is 24.8 Å². The van der Waals surface area contributed by atoms with Gasteiger partial charge in [0.05, 0.1) is 11.8 Å². The predicted octanol–water partition coefficient (Wildman–Crippen LogP) is 3.63. The summed E-state index contributed by atoms with van der Waals surface area (Å²) < 4.78 is 5.87. The van der Waals surface area contributed by atoms with Crippen LogP contribution in [0, 0.1) is 0 Å². The van der Waals surface area contributed by atoms with Gasteiger partial charge in [-0.2, -0.15) is 0 Å². The molecule has 1 amide bonds. The van der Waals surface area contributed by atoms with Crippen LogP contribution in [0.15, 0.2) is 18.2 Å². The van der Waals surface area contributed by atoms with E-state index in [0.717, 1.165) is 18.0 Å². The number of hydrogen-bond donors (Lipinski definition) is 1. The summed E-state index contributed by atoms with van der Waals surface area (Å²) in [7, 11) is 2.22. The van der Waals surface area contributed by atoms with Crippen molar-refractivity contribution in [2.45, 2.75) is 58.1 Å². The number of amides is 1. The molecule has 0 spiro atoms. The minimum absolute atomic E-state index is 0.0864. The summed E-state index contributed by atoms with van der Waals surface area (Å²) in [6.07, 6.45) is 4.34. The van der Waals surface area contributed by atoms with Crippen LogP contribution in [-0.2, 0) is 4.79 Å². The van der Waals surface area contributed by atoms with Crippen molar-refractivity contribution < 1.29 is 9.53 Å². The first-order chi connectivity index (χ1) is 10.5. The van der Waals surface area contributed by atoms with Gasteiger partial charge in [0.1, 0.15) is 5.75 Å². The molecular formula is C18H28N2O2. The summed E-state index contributed by atoms with van der Waals surface area (Å²) in [6.45, 7) is 7.39. The van der Waals surface area contributed by atoms with Gasteiger partial charge in [0.15, 0.2) is 0 Å². The number of hydrogen-bond acceptors (Lipinski definition) is 3. The second-order valence-electron chi connectivity index (χ2n) is 6.45. The standard InChI is InChI=1S/C18H28N2O2/c1-5-16-10-15(8-9-20(16)4)14-6-7-17(19-12-21)18(11-14)22-13(2)3/h6-7,11-13,15-16H,5,8-10H2,1-4H3,(H,19,21)/t15-,16-/m1/s1. The zero-order valence-corrected chi connectivity index (χ0v) is 14.1. The molecule has 1 aliphatic heterocycles. The molecule has 4 heteroatoms. The normalized spacial score (nSPS) is 22.6. The highest BCUT2D eigenvalue weighted by molar-refractivity contribution is 5.75.